The minimum atomic E-state index is -2.58. The first-order valence-electron chi connectivity index (χ1n) is 10.1. The van der Waals surface area contributed by atoms with Gasteiger partial charge < -0.3 is 10.1 Å². The number of fused-ring (bicyclic) bond motifs is 1. The van der Waals surface area contributed by atoms with Crippen LogP contribution < -0.4 is 5.32 Å². The van der Waals surface area contributed by atoms with Gasteiger partial charge in [0.25, 0.3) is 5.91 Å². The fraction of sp³-hybridized carbons (Fsp3) is 0.304. The fourth-order valence-corrected chi connectivity index (χ4v) is 4.45. The standard InChI is InChI=1S/C23H26Cl2N4O2Si/c1-6-19-17-7-8-27-29-20(17)18(12-23(2,3)32(4,5)31)21(28-19)22(30)26-13-14-9-15(24)11-16(25)10-14/h6-11,31H,1,12-13H2,2-5H3,(H,26,30). The summed E-state index contributed by atoms with van der Waals surface area (Å²) in [5, 5.41) is 12.6. The van der Waals surface area contributed by atoms with Gasteiger partial charge in [-0.25, -0.2) is 4.98 Å². The van der Waals surface area contributed by atoms with Gasteiger partial charge in [-0.2, -0.15) is 10.2 Å². The average Bonchev–Trinajstić information content (AvgIpc) is 2.70. The van der Waals surface area contributed by atoms with E-state index < -0.39 is 13.4 Å². The Morgan fingerprint density at radius 2 is 1.91 bits per heavy atom. The van der Waals surface area contributed by atoms with Crippen LogP contribution in [0.1, 0.15) is 41.2 Å². The Bertz CT molecular complexity index is 1170. The maximum Gasteiger partial charge on any atom is 0.270 e. The first kappa shape index (κ1) is 24.3. The van der Waals surface area contributed by atoms with Crippen molar-refractivity contribution in [2.75, 3.05) is 0 Å². The van der Waals surface area contributed by atoms with Gasteiger partial charge in [0.1, 0.15) is 11.2 Å². The van der Waals surface area contributed by atoms with Crippen LogP contribution in [0.15, 0.2) is 37.0 Å². The number of benzene rings is 1. The number of halogens is 2. The second-order valence-corrected chi connectivity index (χ2v) is 14.2. The SMILES string of the molecule is C=Cc1nc(C(=O)NCc2cc(Cl)cc(Cl)c2)c(CC(C)(C)[Si](C)(C)O)c2nnccc12. The van der Waals surface area contributed by atoms with Crippen molar-refractivity contribution in [2.24, 2.45) is 0 Å². The molecule has 0 fully saturated rings. The zero-order valence-corrected chi connectivity index (χ0v) is 21.1. The number of rotatable bonds is 7. The summed E-state index contributed by atoms with van der Waals surface area (Å²) < 4.78 is 0. The summed E-state index contributed by atoms with van der Waals surface area (Å²) in [7, 11) is -2.58. The van der Waals surface area contributed by atoms with Crippen LogP contribution in [0.5, 0.6) is 0 Å². The molecular weight excluding hydrogens is 463 g/mol. The Balaban J connectivity index is 2.07. The molecule has 2 N–H and O–H groups in total. The van der Waals surface area contributed by atoms with Crippen molar-refractivity contribution in [3.05, 3.63) is 69.6 Å². The highest BCUT2D eigenvalue weighted by molar-refractivity contribution is 6.72. The third-order valence-corrected chi connectivity index (χ3v) is 9.79. The Kier molecular flexibility index (Phi) is 7.05. The predicted octanol–water partition coefficient (Wildman–Crippen LogP) is 5.42. The summed E-state index contributed by atoms with van der Waals surface area (Å²) in [6.07, 6.45) is 3.60. The van der Waals surface area contributed by atoms with E-state index in [1.807, 2.05) is 26.9 Å². The predicted molar refractivity (Wildman–Crippen MR) is 133 cm³/mol. The molecule has 0 saturated carbocycles. The lowest BCUT2D eigenvalue weighted by Gasteiger charge is -2.35. The highest BCUT2D eigenvalue weighted by Gasteiger charge is 2.39. The van der Waals surface area contributed by atoms with Crippen molar-refractivity contribution in [3.63, 3.8) is 0 Å². The van der Waals surface area contributed by atoms with E-state index in [4.69, 9.17) is 23.2 Å². The molecule has 1 amide bonds. The number of carbonyl (C=O) groups excluding carboxylic acids is 1. The highest BCUT2D eigenvalue weighted by atomic mass is 35.5. The second-order valence-electron chi connectivity index (χ2n) is 8.90. The summed E-state index contributed by atoms with van der Waals surface area (Å²) in [4.78, 5) is 28.8. The lowest BCUT2D eigenvalue weighted by Crippen LogP contribution is -2.41. The molecular formula is C23H26Cl2N4O2Si. The van der Waals surface area contributed by atoms with Gasteiger partial charge in [-0.3, -0.25) is 4.79 Å². The zero-order valence-electron chi connectivity index (χ0n) is 18.5. The third-order valence-electron chi connectivity index (χ3n) is 5.86. The first-order valence-corrected chi connectivity index (χ1v) is 13.9. The summed E-state index contributed by atoms with van der Waals surface area (Å²) in [5.41, 5.74) is 2.80. The number of nitrogens with zero attached hydrogens (tertiary/aromatic N) is 3. The second kappa shape index (κ2) is 9.27. The summed E-state index contributed by atoms with van der Waals surface area (Å²) in [6, 6.07) is 6.92. The molecule has 9 heteroatoms. The molecule has 1 aromatic carbocycles. The van der Waals surface area contributed by atoms with E-state index in [-0.39, 0.29) is 18.1 Å². The normalized spacial score (nSPS) is 12.1. The summed E-state index contributed by atoms with van der Waals surface area (Å²) >= 11 is 12.1. The maximum absolute atomic E-state index is 13.3. The Hall–Kier alpha value is -2.32. The van der Waals surface area contributed by atoms with Gasteiger partial charge in [0.05, 0.1) is 11.9 Å². The average molecular weight is 489 g/mol. The fourth-order valence-electron chi connectivity index (χ4n) is 3.27. The smallest absolute Gasteiger partial charge is 0.270 e. The Labute approximate surface area is 198 Å². The van der Waals surface area contributed by atoms with E-state index in [0.717, 1.165) is 10.9 Å². The molecule has 0 unspecified atom stereocenters. The molecule has 2 aromatic heterocycles. The minimum Gasteiger partial charge on any atom is -0.432 e. The van der Waals surface area contributed by atoms with Gasteiger partial charge >= 0.3 is 0 Å². The van der Waals surface area contributed by atoms with E-state index in [2.05, 4.69) is 27.1 Å². The van der Waals surface area contributed by atoms with Crippen LogP contribution in [-0.4, -0.2) is 34.2 Å². The molecule has 6 nitrogen and oxygen atoms in total. The number of carbonyl (C=O) groups is 1. The van der Waals surface area contributed by atoms with Crippen LogP contribution in [0, 0.1) is 0 Å². The lowest BCUT2D eigenvalue weighted by molar-refractivity contribution is 0.0945. The van der Waals surface area contributed by atoms with Gasteiger partial charge in [0.2, 0.25) is 0 Å². The maximum atomic E-state index is 13.3. The minimum absolute atomic E-state index is 0.228. The van der Waals surface area contributed by atoms with Crippen LogP contribution >= 0.6 is 23.2 Å². The molecule has 0 radical (unpaired) electrons. The highest BCUT2D eigenvalue weighted by Crippen LogP contribution is 2.40. The van der Waals surface area contributed by atoms with Crippen molar-refractivity contribution in [2.45, 2.75) is 44.9 Å². The number of pyridine rings is 1. The topological polar surface area (TPSA) is 88.0 Å². The number of hydrogen-bond donors (Lipinski definition) is 2. The van der Waals surface area contributed by atoms with Crippen molar-refractivity contribution < 1.29 is 9.59 Å². The largest absolute Gasteiger partial charge is 0.432 e. The van der Waals surface area contributed by atoms with Crippen molar-refractivity contribution in [3.8, 4) is 0 Å². The van der Waals surface area contributed by atoms with Crippen LogP contribution in [-0.2, 0) is 13.0 Å². The van der Waals surface area contributed by atoms with Gasteiger partial charge in [-0.15, -0.1) is 0 Å². The lowest BCUT2D eigenvalue weighted by atomic mass is 9.96. The third kappa shape index (κ3) is 5.18. The quantitative estimate of drug-likeness (QED) is 0.433. The van der Waals surface area contributed by atoms with E-state index >= 15 is 0 Å². The van der Waals surface area contributed by atoms with Gasteiger partial charge in [0.15, 0.2) is 8.32 Å². The van der Waals surface area contributed by atoms with E-state index in [1.54, 1.807) is 36.5 Å². The molecule has 0 aliphatic rings. The van der Waals surface area contributed by atoms with Gasteiger partial charge in [-0.1, -0.05) is 43.6 Å². The molecule has 0 aliphatic heterocycles. The van der Waals surface area contributed by atoms with Crippen molar-refractivity contribution in [1.29, 1.82) is 0 Å². The van der Waals surface area contributed by atoms with Gasteiger partial charge in [-0.05, 0) is 60.5 Å². The monoisotopic (exact) mass is 488 g/mol. The molecule has 32 heavy (non-hydrogen) atoms. The van der Waals surface area contributed by atoms with E-state index in [9.17, 15) is 9.59 Å². The molecule has 3 aromatic rings. The van der Waals surface area contributed by atoms with Crippen LogP contribution in [0.25, 0.3) is 17.0 Å². The molecule has 168 valence electrons. The molecule has 0 bridgehead atoms. The van der Waals surface area contributed by atoms with E-state index in [1.165, 1.54) is 0 Å². The summed E-state index contributed by atoms with van der Waals surface area (Å²) in [6.45, 7) is 11.8. The molecule has 0 atom stereocenters. The van der Waals surface area contributed by atoms with Crippen LogP contribution in [0.2, 0.25) is 28.2 Å². The molecule has 0 spiro atoms. The summed E-state index contributed by atoms with van der Waals surface area (Å²) in [5.74, 6) is -0.361. The molecule has 0 saturated heterocycles. The van der Waals surface area contributed by atoms with E-state index in [0.29, 0.717) is 33.2 Å². The Morgan fingerprint density at radius 3 is 2.50 bits per heavy atom. The number of hydrogen-bond acceptors (Lipinski definition) is 5. The van der Waals surface area contributed by atoms with Crippen molar-refractivity contribution >= 4 is 54.4 Å². The first-order chi connectivity index (χ1) is 14.9. The number of nitrogens with one attached hydrogen (secondary N) is 1. The molecule has 2 heterocycles. The van der Waals surface area contributed by atoms with Crippen LogP contribution in [0.3, 0.4) is 0 Å². The zero-order chi connectivity index (χ0) is 23.7. The molecule has 3 rings (SSSR count). The molecule has 0 aliphatic carbocycles. The van der Waals surface area contributed by atoms with Gasteiger partial charge in [0, 0.05) is 27.5 Å². The Morgan fingerprint density at radius 1 is 1.25 bits per heavy atom. The number of aromatic nitrogens is 3. The van der Waals surface area contributed by atoms with Crippen molar-refractivity contribution in [1.82, 2.24) is 20.5 Å². The number of amides is 1. The van der Waals surface area contributed by atoms with Crippen LogP contribution in [0.4, 0.5) is 0 Å².